The molecule has 164 valence electrons. The molecule has 0 aliphatic carbocycles. The van der Waals surface area contributed by atoms with Crippen molar-refractivity contribution in [2.75, 3.05) is 13.7 Å². The van der Waals surface area contributed by atoms with Gasteiger partial charge in [-0.2, -0.15) is 13.2 Å². The molecule has 0 saturated carbocycles. The van der Waals surface area contributed by atoms with Crippen molar-refractivity contribution in [3.8, 4) is 28.7 Å². The average molecular weight is 432 g/mol. The Balaban J connectivity index is 2.06. The smallest absolute Gasteiger partial charge is 0.417 e. The molecule has 31 heavy (non-hydrogen) atoms. The summed E-state index contributed by atoms with van der Waals surface area (Å²) in [6.45, 7) is 4.87. The first kappa shape index (κ1) is 22.4. The number of aromatic nitrogens is 4. The van der Waals surface area contributed by atoms with Crippen LogP contribution in [0.4, 0.5) is 13.2 Å². The standard InChI is InChI=1S/C21H21F3N5O2/c1-12(2)8-25-9-13-4-5-16(21(22,23)24)15(6-13)19-28-17(7-18(30)29-19)14-10-26-20(31-3)27-11-14/h4-7,10-12H,8-9H2,1-3H3,(H,28,29,30)/q-1. The minimum Gasteiger partial charge on any atom is -0.658 e. The molecule has 1 aromatic carbocycles. The van der Waals surface area contributed by atoms with Crippen molar-refractivity contribution in [2.24, 2.45) is 5.92 Å². The van der Waals surface area contributed by atoms with Crippen molar-refractivity contribution in [2.45, 2.75) is 26.6 Å². The summed E-state index contributed by atoms with van der Waals surface area (Å²) >= 11 is 0. The van der Waals surface area contributed by atoms with Gasteiger partial charge in [0, 0.05) is 29.6 Å². The van der Waals surface area contributed by atoms with Gasteiger partial charge in [-0.25, -0.2) is 15.0 Å². The van der Waals surface area contributed by atoms with Crippen molar-refractivity contribution in [3.63, 3.8) is 0 Å². The van der Waals surface area contributed by atoms with E-state index in [0.717, 1.165) is 6.07 Å². The number of ether oxygens (including phenoxy) is 1. The Kier molecular flexibility index (Phi) is 6.69. The Hall–Kier alpha value is -3.27. The van der Waals surface area contributed by atoms with Crippen LogP contribution >= 0.6 is 0 Å². The summed E-state index contributed by atoms with van der Waals surface area (Å²) in [5.41, 5.74) is -0.623. The number of benzene rings is 1. The molecule has 0 atom stereocenters. The van der Waals surface area contributed by atoms with Crippen LogP contribution < -0.4 is 10.3 Å². The van der Waals surface area contributed by atoms with Crippen molar-refractivity contribution in [1.82, 2.24) is 19.9 Å². The topological polar surface area (TPSA) is 94.9 Å². The maximum Gasteiger partial charge on any atom is 0.417 e. The third kappa shape index (κ3) is 5.66. The monoisotopic (exact) mass is 432 g/mol. The number of aromatic amines is 1. The van der Waals surface area contributed by atoms with Crippen LogP contribution in [-0.4, -0.2) is 33.6 Å². The molecule has 7 nitrogen and oxygen atoms in total. The molecule has 0 aliphatic heterocycles. The molecule has 0 radical (unpaired) electrons. The van der Waals surface area contributed by atoms with Gasteiger partial charge in [-0.3, -0.25) is 4.79 Å². The van der Waals surface area contributed by atoms with E-state index in [4.69, 9.17) is 4.74 Å². The number of halogens is 3. The maximum absolute atomic E-state index is 13.7. The summed E-state index contributed by atoms with van der Waals surface area (Å²) in [6.07, 6.45) is -1.87. The van der Waals surface area contributed by atoms with Crippen molar-refractivity contribution >= 4 is 0 Å². The lowest BCUT2D eigenvalue weighted by Gasteiger charge is -2.22. The molecule has 0 aliphatic rings. The van der Waals surface area contributed by atoms with Crippen LogP contribution in [0, 0.1) is 5.92 Å². The number of alkyl halides is 3. The van der Waals surface area contributed by atoms with E-state index in [-0.39, 0.29) is 29.6 Å². The molecule has 0 bridgehead atoms. The highest BCUT2D eigenvalue weighted by atomic mass is 19.4. The summed E-state index contributed by atoms with van der Waals surface area (Å²) in [5, 5.41) is 4.36. The lowest BCUT2D eigenvalue weighted by atomic mass is 10.0. The van der Waals surface area contributed by atoms with Crippen LogP contribution in [0.15, 0.2) is 41.5 Å². The van der Waals surface area contributed by atoms with E-state index in [1.807, 2.05) is 13.8 Å². The number of rotatable bonds is 7. The number of methoxy groups -OCH3 is 1. The third-order valence-corrected chi connectivity index (χ3v) is 4.28. The van der Waals surface area contributed by atoms with Crippen LogP contribution in [0.2, 0.25) is 0 Å². The quantitative estimate of drug-likeness (QED) is 0.595. The summed E-state index contributed by atoms with van der Waals surface area (Å²) in [4.78, 5) is 26.8. The zero-order valence-electron chi connectivity index (χ0n) is 17.2. The molecule has 10 heteroatoms. The minimum absolute atomic E-state index is 0.117. The Labute approximate surface area is 176 Å². The summed E-state index contributed by atoms with van der Waals surface area (Å²) < 4.78 is 45.9. The normalized spacial score (nSPS) is 11.7. The van der Waals surface area contributed by atoms with Gasteiger partial charge in [0.15, 0.2) is 0 Å². The van der Waals surface area contributed by atoms with E-state index in [1.165, 1.54) is 37.7 Å². The number of nitrogens with zero attached hydrogens (tertiary/aromatic N) is 4. The molecule has 0 spiro atoms. The highest BCUT2D eigenvalue weighted by molar-refractivity contribution is 5.66. The van der Waals surface area contributed by atoms with E-state index in [2.05, 4.69) is 25.3 Å². The van der Waals surface area contributed by atoms with E-state index >= 15 is 0 Å². The van der Waals surface area contributed by atoms with Gasteiger partial charge in [0.1, 0.15) is 5.82 Å². The third-order valence-electron chi connectivity index (χ3n) is 4.28. The van der Waals surface area contributed by atoms with Gasteiger partial charge in [-0.1, -0.05) is 31.4 Å². The number of H-pyrrole nitrogens is 1. The number of hydrogen-bond donors (Lipinski definition) is 1. The lowest BCUT2D eigenvalue weighted by molar-refractivity contribution is -0.137. The highest BCUT2D eigenvalue weighted by Gasteiger charge is 2.34. The SMILES string of the molecule is COc1ncc(-c2cc(=O)[nH]c(-c3cc(C[N-]CC(C)C)ccc3C(F)(F)F)n2)cn1. The molecule has 2 aromatic heterocycles. The van der Waals surface area contributed by atoms with Crippen molar-refractivity contribution in [1.29, 1.82) is 0 Å². The molecule has 3 aromatic rings. The first-order valence-electron chi connectivity index (χ1n) is 9.49. The van der Waals surface area contributed by atoms with Crippen LogP contribution in [0.1, 0.15) is 25.0 Å². The maximum atomic E-state index is 13.7. The Morgan fingerprint density at radius 1 is 1.16 bits per heavy atom. The number of hydrogen-bond acceptors (Lipinski definition) is 5. The summed E-state index contributed by atoms with van der Waals surface area (Å²) in [6, 6.07) is 5.02. The predicted octanol–water partition coefficient (Wildman–Crippen LogP) is 4.45. The first-order chi connectivity index (χ1) is 14.7. The molecule has 3 rings (SSSR count). The minimum atomic E-state index is -4.62. The second-order valence-corrected chi connectivity index (χ2v) is 7.27. The van der Waals surface area contributed by atoms with E-state index < -0.39 is 17.3 Å². The number of nitrogens with one attached hydrogen (secondary N) is 1. The second-order valence-electron chi connectivity index (χ2n) is 7.27. The Bertz CT molecular complexity index is 1100. The second kappa shape index (κ2) is 9.25. The predicted molar refractivity (Wildman–Crippen MR) is 110 cm³/mol. The molecule has 0 unspecified atom stereocenters. The van der Waals surface area contributed by atoms with Crippen LogP contribution in [0.5, 0.6) is 6.01 Å². The van der Waals surface area contributed by atoms with Crippen molar-refractivity contribution in [3.05, 3.63) is 63.5 Å². The van der Waals surface area contributed by atoms with Gasteiger partial charge in [-0.15, -0.1) is 13.1 Å². The molecular weight excluding hydrogens is 411 g/mol. The molecule has 0 saturated heterocycles. The highest BCUT2D eigenvalue weighted by Crippen LogP contribution is 2.37. The first-order valence-corrected chi connectivity index (χ1v) is 9.49. The molecule has 2 heterocycles. The lowest BCUT2D eigenvalue weighted by Crippen LogP contribution is -2.13. The zero-order valence-corrected chi connectivity index (χ0v) is 17.2. The fraction of sp³-hybridized carbons (Fsp3) is 0.333. The van der Waals surface area contributed by atoms with Crippen molar-refractivity contribution < 1.29 is 17.9 Å². The van der Waals surface area contributed by atoms with Gasteiger partial charge in [0.05, 0.1) is 18.4 Å². The molecule has 0 fully saturated rings. The van der Waals surface area contributed by atoms with E-state index in [9.17, 15) is 18.0 Å². The van der Waals surface area contributed by atoms with Gasteiger partial charge < -0.3 is 15.0 Å². The van der Waals surface area contributed by atoms with Gasteiger partial charge in [0.2, 0.25) is 0 Å². The fourth-order valence-corrected chi connectivity index (χ4v) is 2.87. The van der Waals surface area contributed by atoms with E-state index in [0.29, 0.717) is 23.6 Å². The molecule has 1 N–H and O–H groups in total. The largest absolute Gasteiger partial charge is 0.658 e. The fourth-order valence-electron chi connectivity index (χ4n) is 2.87. The Morgan fingerprint density at radius 3 is 2.48 bits per heavy atom. The van der Waals surface area contributed by atoms with Gasteiger partial charge >= 0.3 is 12.2 Å². The van der Waals surface area contributed by atoms with E-state index in [1.54, 1.807) is 0 Å². The van der Waals surface area contributed by atoms with Gasteiger partial charge in [-0.05, 0) is 12.1 Å². The van der Waals surface area contributed by atoms with Gasteiger partial charge in [0.25, 0.3) is 5.56 Å². The summed E-state index contributed by atoms with van der Waals surface area (Å²) in [7, 11) is 1.40. The van der Waals surface area contributed by atoms with Crippen LogP contribution in [0.3, 0.4) is 0 Å². The Morgan fingerprint density at radius 2 is 1.87 bits per heavy atom. The average Bonchev–Trinajstić information content (AvgIpc) is 2.72. The van der Waals surface area contributed by atoms with Crippen LogP contribution in [0.25, 0.3) is 28.0 Å². The molecule has 0 amide bonds. The summed E-state index contributed by atoms with van der Waals surface area (Å²) in [5.74, 6) is 0.145. The van der Waals surface area contributed by atoms with Crippen LogP contribution in [-0.2, 0) is 12.7 Å². The zero-order chi connectivity index (χ0) is 22.6. The molecular formula is C21H21F3N5O2-.